The number of unbranched alkanes of at least 4 members (excludes halogenated alkanes) is 2. The number of fused-ring (bicyclic) bond motifs is 2. The average Bonchev–Trinajstić information content (AvgIpc) is 3.73. The van der Waals surface area contributed by atoms with Gasteiger partial charge in [0.1, 0.15) is 29.2 Å². The van der Waals surface area contributed by atoms with Gasteiger partial charge in [0.25, 0.3) is 5.91 Å². The monoisotopic (exact) mass is 769 g/mol. The summed E-state index contributed by atoms with van der Waals surface area (Å²) in [5.74, 6) is 0.0301. The van der Waals surface area contributed by atoms with Crippen LogP contribution in [0.2, 0.25) is 0 Å². The first-order valence-corrected chi connectivity index (χ1v) is 18.8. The maximum atomic E-state index is 14.3. The molecule has 7 rings (SSSR count). The van der Waals surface area contributed by atoms with E-state index in [1.54, 1.807) is 42.6 Å². The highest BCUT2D eigenvalue weighted by atomic mass is 32.1. The Morgan fingerprint density at radius 1 is 0.964 bits per heavy atom. The fourth-order valence-electron chi connectivity index (χ4n) is 6.91. The fourth-order valence-corrected chi connectivity index (χ4v) is 7.98. The minimum absolute atomic E-state index is 0.0354. The van der Waals surface area contributed by atoms with Crippen molar-refractivity contribution in [2.75, 3.05) is 25.6 Å². The van der Waals surface area contributed by atoms with Gasteiger partial charge in [-0.3, -0.25) is 24.5 Å². The second-order valence-electron chi connectivity index (χ2n) is 14.0. The molecule has 284 valence electrons. The van der Waals surface area contributed by atoms with Crippen LogP contribution in [0.3, 0.4) is 0 Å². The molecule has 5 aromatic rings. The maximum Gasteiger partial charge on any atom is 0.417 e. The van der Waals surface area contributed by atoms with Crippen LogP contribution >= 0.6 is 11.3 Å². The van der Waals surface area contributed by atoms with E-state index < -0.39 is 23.7 Å². The standard InChI is InChI=1S/C41H38F3N5O5S/c1-48(2)36-16-10-26(21-45-36)25-9-12-31(32(20-25)41(42,43)44)39-46-33-14-8-24(18-35(33)55-39)6-4-3-5-7-28(50)23-54-29-11-13-30-27(19-29)22-49(40(30)53)34-15-17-37(51)47-38(34)52/h8-14,16,18-21,34H,3-7,15,17,22-23H2,1-2H3,(H,47,51,52). The van der Waals surface area contributed by atoms with E-state index in [0.29, 0.717) is 57.2 Å². The number of hydrogen-bond acceptors (Lipinski definition) is 9. The number of Topliss-reactive ketones (excluding diaryl/α,β-unsaturated/α-hetero) is 1. The first kappa shape index (κ1) is 37.7. The largest absolute Gasteiger partial charge is 0.486 e. The molecule has 2 aliphatic rings. The van der Waals surface area contributed by atoms with Crippen molar-refractivity contribution in [1.29, 1.82) is 0 Å². The number of halogens is 3. The van der Waals surface area contributed by atoms with Crippen LogP contribution in [0.25, 0.3) is 31.9 Å². The van der Waals surface area contributed by atoms with Crippen LogP contribution in [0.15, 0.2) is 72.9 Å². The molecular weight excluding hydrogens is 732 g/mol. The molecule has 1 fully saturated rings. The molecule has 2 aromatic heterocycles. The number of ether oxygens (including phenoxy) is 1. The van der Waals surface area contributed by atoms with E-state index in [2.05, 4.69) is 15.3 Å². The van der Waals surface area contributed by atoms with Crippen molar-refractivity contribution in [2.45, 2.75) is 63.7 Å². The number of anilines is 1. The van der Waals surface area contributed by atoms with Gasteiger partial charge in [0.15, 0.2) is 5.78 Å². The second kappa shape index (κ2) is 15.6. The summed E-state index contributed by atoms with van der Waals surface area (Å²) in [7, 11) is 3.69. The Hall–Kier alpha value is -5.63. The summed E-state index contributed by atoms with van der Waals surface area (Å²) < 4.78 is 49.5. The van der Waals surface area contributed by atoms with E-state index in [-0.39, 0.29) is 49.2 Å². The van der Waals surface area contributed by atoms with Gasteiger partial charge in [-0.25, -0.2) is 9.97 Å². The van der Waals surface area contributed by atoms with Gasteiger partial charge in [0, 0.05) is 56.4 Å². The zero-order valence-corrected chi connectivity index (χ0v) is 31.1. The van der Waals surface area contributed by atoms with E-state index in [9.17, 15) is 32.3 Å². The highest BCUT2D eigenvalue weighted by molar-refractivity contribution is 7.21. The first-order chi connectivity index (χ1) is 26.3. The van der Waals surface area contributed by atoms with Crippen molar-refractivity contribution in [3.63, 3.8) is 0 Å². The summed E-state index contributed by atoms with van der Waals surface area (Å²) in [6, 6.07) is 17.9. The number of ketones is 1. The number of aromatic nitrogens is 2. The van der Waals surface area contributed by atoms with Crippen LogP contribution in [0.5, 0.6) is 5.75 Å². The molecule has 55 heavy (non-hydrogen) atoms. The quantitative estimate of drug-likeness (QED) is 0.0960. The molecule has 1 N–H and O–H groups in total. The number of carbonyl (C=O) groups is 4. The topological polar surface area (TPSA) is 122 Å². The molecule has 3 amide bonds. The van der Waals surface area contributed by atoms with Crippen molar-refractivity contribution in [3.05, 3.63) is 95.2 Å². The van der Waals surface area contributed by atoms with E-state index in [0.717, 1.165) is 35.6 Å². The van der Waals surface area contributed by atoms with Crippen LogP contribution in [0.1, 0.15) is 65.6 Å². The van der Waals surface area contributed by atoms with Crippen molar-refractivity contribution in [2.24, 2.45) is 0 Å². The predicted molar refractivity (Wildman–Crippen MR) is 203 cm³/mol. The van der Waals surface area contributed by atoms with Gasteiger partial charge in [-0.2, -0.15) is 13.2 Å². The Bertz CT molecular complexity index is 2290. The number of alkyl halides is 3. The van der Waals surface area contributed by atoms with Gasteiger partial charge < -0.3 is 14.5 Å². The number of imide groups is 1. The van der Waals surface area contributed by atoms with Gasteiger partial charge in [-0.05, 0) is 90.9 Å². The summed E-state index contributed by atoms with van der Waals surface area (Å²) >= 11 is 1.23. The lowest BCUT2D eigenvalue weighted by atomic mass is 10.00. The van der Waals surface area contributed by atoms with Crippen molar-refractivity contribution in [1.82, 2.24) is 20.2 Å². The fraction of sp³-hybridized carbons (Fsp3) is 0.317. The molecule has 0 bridgehead atoms. The highest BCUT2D eigenvalue weighted by Crippen LogP contribution is 2.42. The Kier molecular flexibility index (Phi) is 10.7. The molecule has 14 heteroatoms. The number of thiazole rings is 1. The normalized spacial score (nSPS) is 15.7. The van der Waals surface area contributed by atoms with Crippen LogP contribution < -0.4 is 15.0 Å². The first-order valence-electron chi connectivity index (χ1n) is 18.0. The summed E-state index contributed by atoms with van der Waals surface area (Å²) in [5.41, 5.74) is 3.15. The molecular formula is C41H38F3N5O5S. The number of nitrogens with zero attached hydrogens (tertiary/aromatic N) is 4. The minimum atomic E-state index is -4.58. The molecule has 0 saturated carbocycles. The number of pyridine rings is 1. The summed E-state index contributed by atoms with van der Waals surface area (Å²) in [6.45, 7) is 0.120. The Morgan fingerprint density at radius 2 is 1.76 bits per heavy atom. The Morgan fingerprint density at radius 3 is 2.51 bits per heavy atom. The van der Waals surface area contributed by atoms with Gasteiger partial charge >= 0.3 is 6.18 Å². The summed E-state index contributed by atoms with van der Waals surface area (Å²) in [4.78, 5) is 61.5. The zero-order chi connectivity index (χ0) is 38.9. The lowest BCUT2D eigenvalue weighted by Gasteiger charge is -2.29. The predicted octanol–water partition coefficient (Wildman–Crippen LogP) is 7.62. The van der Waals surface area contributed by atoms with Crippen LogP contribution in [0.4, 0.5) is 19.0 Å². The van der Waals surface area contributed by atoms with E-state index >= 15 is 0 Å². The Balaban J connectivity index is 0.895. The Labute approximate surface area is 319 Å². The van der Waals surface area contributed by atoms with Crippen molar-refractivity contribution in [3.8, 4) is 27.4 Å². The molecule has 2 aliphatic heterocycles. The number of piperidine rings is 1. The molecule has 0 radical (unpaired) electrons. The van der Waals surface area contributed by atoms with E-state index in [4.69, 9.17) is 4.74 Å². The van der Waals surface area contributed by atoms with Crippen LogP contribution in [0, 0.1) is 0 Å². The summed E-state index contributed by atoms with van der Waals surface area (Å²) in [6.07, 6.45) is 0.872. The third-order valence-corrected chi connectivity index (χ3v) is 10.9. The van der Waals surface area contributed by atoms with Gasteiger partial charge in [-0.1, -0.05) is 24.6 Å². The number of hydrogen-bond donors (Lipinski definition) is 1. The number of nitrogens with one attached hydrogen (secondary N) is 1. The smallest absolute Gasteiger partial charge is 0.417 e. The highest BCUT2D eigenvalue weighted by Gasteiger charge is 2.39. The van der Waals surface area contributed by atoms with E-state index in [1.807, 2.05) is 37.2 Å². The van der Waals surface area contributed by atoms with E-state index in [1.165, 1.54) is 22.3 Å². The average molecular weight is 770 g/mol. The molecule has 4 heterocycles. The maximum absolute atomic E-state index is 14.3. The van der Waals surface area contributed by atoms with Gasteiger partial charge in [0.05, 0.1) is 15.8 Å². The third kappa shape index (κ3) is 8.39. The SMILES string of the molecule is CN(C)c1ccc(-c2ccc(-c3nc4ccc(CCCCCC(=O)COc5ccc6c(c5)CN(C5CCC(=O)NC5=O)C6=O)cc4s3)c(C(F)(F)F)c2)cn1. The number of rotatable bonds is 13. The molecule has 0 spiro atoms. The molecule has 10 nitrogen and oxygen atoms in total. The van der Waals surface area contributed by atoms with Crippen LogP contribution in [-0.2, 0) is 33.5 Å². The van der Waals surface area contributed by atoms with Crippen molar-refractivity contribution >= 4 is 50.9 Å². The van der Waals surface area contributed by atoms with Crippen molar-refractivity contribution < 1.29 is 37.1 Å². The molecule has 1 atom stereocenters. The molecule has 0 aliphatic carbocycles. The molecule has 3 aromatic carbocycles. The third-order valence-electron chi connectivity index (χ3n) is 9.86. The molecule has 1 saturated heterocycles. The number of amides is 3. The number of benzene rings is 3. The number of aryl methyl sites for hydroxylation is 1. The minimum Gasteiger partial charge on any atom is -0.486 e. The lowest BCUT2D eigenvalue weighted by Crippen LogP contribution is -2.52. The van der Waals surface area contributed by atoms with Crippen LogP contribution in [-0.4, -0.2) is 65.1 Å². The van der Waals surface area contributed by atoms with Gasteiger partial charge in [0.2, 0.25) is 11.8 Å². The lowest BCUT2D eigenvalue weighted by molar-refractivity contribution is -0.138. The number of carbonyl (C=O) groups excluding carboxylic acids is 4. The second-order valence-corrected chi connectivity index (χ2v) is 15.0. The molecule has 1 unspecified atom stereocenters. The zero-order valence-electron chi connectivity index (χ0n) is 30.2. The van der Waals surface area contributed by atoms with Gasteiger partial charge in [-0.15, -0.1) is 11.3 Å². The summed E-state index contributed by atoms with van der Waals surface area (Å²) in [5, 5.41) is 2.59.